The molecule has 122 valence electrons. The minimum absolute atomic E-state index is 0.263. The third-order valence-electron chi connectivity index (χ3n) is 3.26. The largest absolute Gasteiger partial charge is 0.418 e. The number of amides is 1. The van der Waals surface area contributed by atoms with Crippen molar-refractivity contribution < 1.29 is 18.0 Å². The highest BCUT2D eigenvalue weighted by Crippen LogP contribution is 2.35. The summed E-state index contributed by atoms with van der Waals surface area (Å²) >= 11 is 0. The summed E-state index contributed by atoms with van der Waals surface area (Å²) in [4.78, 5) is 18.0. The fraction of sp³-hybridized carbons (Fsp3) is 0.250. The summed E-state index contributed by atoms with van der Waals surface area (Å²) in [5.74, 6) is -0.556. The Morgan fingerprint density at radius 1 is 1.17 bits per heavy atom. The van der Waals surface area contributed by atoms with E-state index in [2.05, 4.69) is 10.3 Å². The molecular formula is C16H16F3N3O. The maximum absolute atomic E-state index is 13.0. The highest BCUT2D eigenvalue weighted by atomic mass is 19.4. The Balaban J connectivity index is 2.31. The van der Waals surface area contributed by atoms with Crippen molar-refractivity contribution in [2.24, 2.45) is 0 Å². The van der Waals surface area contributed by atoms with Gasteiger partial charge in [0.25, 0.3) is 0 Å². The molecule has 23 heavy (non-hydrogen) atoms. The number of aromatic nitrogens is 1. The van der Waals surface area contributed by atoms with E-state index in [-0.39, 0.29) is 5.69 Å². The first-order chi connectivity index (χ1) is 10.8. The summed E-state index contributed by atoms with van der Waals surface area (Å²) in [6, 6.07) is 7.52. The second-order valence-electron chi connectivity index (χ2n) is 5.19. The molecule has 1 amide bonds. The van der Waals surface area contributed by atoms with Gasteiger partial charge in [0.15, 0.2) is 0 Å². The van der Waals surface area contributed by atoms with Gasteiger partial charge in [0.1, 0.15) is 6.04 Å². The normalized spacial score (nSPS) is 13.0. The van der Waals surface area contributed by atoms with E-state index >= 15 is 0 Å². The first kappa shape index (κ1) is 17.0. The molecule has 0 spiro atoms. The van der Waals surface area contributed by atoms with Gasteiger partial charge in [-0.1, -0.05) is 18.2 Å². The minimum Gasteiger partial charge on any atom is -0.324 e. The lowest BCUT2D eigenvalue weighted by atomic mass is 10.1. The van der Waals surface area contributed by atoms with E-state index in [0.717, 1.165) is 6.07 Å². The molecule has 2 aromatic rings. The predicted molar refractivity (Wildman–Crippen MR) is 80.7 cm³/mol. The Bertz CT molecular complexity index is 672. The van der Waals surface area contributed by atoms with Crippen molar-refractivity contribution in [1.29, 1.82) is 0 Å². The van der Waals surface area contributed by atoms with Crippen LogP contribution in [0.15, 0.2) is 48.8 Å². The van der Waals surface area contributed by atoms with E-state index in [4.69, 9.17) is 0 Å². The van der Waals surface area contributed by atoms with Crippen molar-refractivity contribution in [1.82, 2.24) is 9.88 Å². The molecule has 0 fully saturated rings. The summed E-state index contributed by atoms with van der Waals surface area (Å²) < 4.78 is 39.0. The lowest BCUT2D eigenvalue weighted by Crippen LogP contribution is -2.32. The van der Waals surface area contributed by atoms with E-state index in [1.807, 2.05) is 0 Å². The van der Waals surface area contributed by atoms with Crippen LogP contribution in [-0.4, -0.2) is 29.9 Å². The van der Waals surface area contributed by atoms with Crippen molar-refractivity contribution in [3.8, 4) is 0 Å². The monoisotopic (exact) mass is 323 g/mol. The molecule has 1 atom stereocenters. The summed E-state index contributed by atoms with van der Waals surface area (Å²) in [6.07, 6.45) is -1.46. The number of para-hydroxylation sites is 1. The average molecular weight is 323 g/mol. The van der Waals surface area contributed by atoms with E-state index in [0.29, 0.717) is 5.56 Å². The smallest absolute Gasteiger partial charge is 0.324 e. The van der Waals surface area contributed by atoms with E-state index in [1.54, 1.807) is 37.3 Å². The molecule has 7 heteroatoms. The van der Waals surface area contributed by atoms with E-state index < -0.39 is 23.7 Å². The van der Waals surface area contributed by atoms with Gasteiger partial charge in [0.2, 0.25) is 5.91 Å². The van der Waals surface area contributed by atoms with E-state index in [9.17, 15) is 18.0 Å². The van der Waals surface area contributed by atoms with Crippen molar-refractivity contribution >= 4 is 11.6 Å². The van der Waals surface area contributed by atoms with Crippen LogP contribution in [0.25, 0.3) is 0 Å². The Labute approximate surface area is 132 Å². The zero-order chi connectivity index (χ0) is 17.0. The lowest BCUT2D eigenvalue weighted by Gasteiger charge is -2.24. The van der Waals surface area contributed by atoms with Crippen molar-refractivity contribution in [3.63, 3.8) is 0 Å². The Kier molecular flexibility index (Phi) is 5.00. The summed E-state index contributed by atoms with van der Waals surface area (Å²) in [5, 5.41) is 2.37. The maximum atomic E-state index is 13.0. The highest BCUT2D eigenvalue weighted by molar-refractivity contribution is 5.96. The number of alkyl halides is 3. The Morgan fingerprint density at radius 3 is 2.43 bits per heavy atom. The Morgan fingerprint density at radius 2 is 1.87 bits per heavy atom. The number of carbonyl (C=O) groups is 1. The van der Waals surface area contributed by atoms with Crippen LogP contribution in [0.2, 0.25) is 0 Å². The van der Waals surface area contributed by atoms with Crippen LogP contribution in [-0.2, 0) is 11.0 Å². The molecule has 1 heterocycles. The van der Waals surface area contributed by atoms with Gasteiger partial charge in [0.05, 0.1) is 11.3 Å². The number of hydrogen-bond donors (Lipinski definition) is 1. The number of rotatable bonds is 4. The van der Waals surface area contributed by atoms with Crippen LogP contribution >= 0.6 is 0 Å². The molecule has 0 aliphatic heterocycles. The number of nitrogens with one attached hydrogen (secondary N) is 1. The van der Waals surface area contributed by atoms with Gasteiger partial charge < -0.3 is 5.32 Å². The molecular weight excluding hydrogens is 307 g/mol. The van der Waals surface area contributed by atoms with Gasteiger partial charge in [-0.2, -0.15) is 13.2 Å². The predicted octanol–water partition coefficient (Wildman–Crippen LogP) is 3.34. The standard InChI is InChI=1S/C16H16F3N3O/c1-22(2)14(11-6-5-9-20-10-11)15(23)21-13-8-4-3-7-12(13)16(17,18)19/h3-10,14H,1-2H3,(H,21,23). The number of halogens is 3. The van der Waals surface area contributed by atoms with Gasteiger partial charge in [-0.3, -0.25) is 14.7 Å². The summed E-state index contributed by atoms with van der Waals surface area (Å²) in [7, 11) is 3.35. The van der Waals surface area contributed by atoms with Gasteiger partial charge in [-0.15, -0.1) is 0 Å². The van der Waals surface area contributed by atoms with Crippen LogP contribution in [0, 0.1) is 0 Å². The number of carbonyl (C=O) groups excluding carboxylic acids is 1. The second kappa shape index (κ2) is 6.78. The van der Waals surface area contributed by atoms with Crippen LogP contribution in [0.4, 0.5) is 18.9 Å². The zero-order valence-corrected chi connectivity index (χ0v) is 12.6. The molecule has 1 aromatic heterocycles. The molecule has 4 nitrogen and oxygen atoms in total. The number of nitrogens with zero attached hydrogens (tertiary/aromatic N) is 2. The van der Waals surface area contributed by atoms with Crippen molar-refractivity contribution in [3.05, 3.63) is 59.9 Å². The molecule has 0 saturated heterocycles. The minimum atomic E-state index is -4.54. The summed E-state index contributed by atoms with van der Waals surface area (Å²) in [5.41, 5.74) is -0.544. The SMILES string of the molecule is CN(C)C(C(=O)Nc1ccccc1C(F)(F)F)c1cccnc1. The van der Waals surface area contributed by atoms with Crippen LogP contribution in [0.5, 0.6) is 0 Å². The molecule has 1 unspecified atom stereocenters. The quantitative estimate of drug-likeness (QED) is 0.938. The van der Waals surface area contributed by atoms with Crippen LogP contribution in [0.1, 0.15) is 17.2 Å². The molecule has 0 aliphatic rings. The number of hydrogen-bond acceptors (Lipinski definition) is 3. The van der Waals surface area contributed by atoms with Gasteiger partial charge >= 0.3 is 6.18 Å². The third kappa shape index (κ3) is 4.07. The maximum Gasteiger partial charge on any atom is 0.418 e. The highest BCUT2D eigenvalue weighted by Gasteiger charge is 2.34. The molecule has 0 radical (unpaired) electrons. The molecule has 1 aromatic carbocycles. The first-order valence-corrected chi connectivity index (χ1v) is 6.84. The number of pyridine rings is 1. The van der Waals surface area contributed by atoms with Crippen LogP contribution in [0.3, 0.4) is 0 Å². The van der Waals surface area contributed by atoms with Crippen molar-refractivity contribution in [2.75, 3.05) is 19.4 Å². The third-order valence-corrected chi connectivity index (χ3v) is 3.26. The van der Waals surface area contributed by atoms with Gasteiger partial charge in [-0.25, -0.2) is 0 Å². The number of benzene rings is 1. The molecule has 2 rings (SSSR count). The molecule has 0 aliphatic carbocycles. The molecule has 0 saturated carbocycles. The lowest BCUT2D eigenvalue weighted by molar-refractivity contribution is -0.137. The Hall–Kier alpha value is -2.41. The van der Waals surface area contributed by atoms with Gasteiger partial charge in [-0.05, 0) is 37.9 Å². The number of likely N-dealkylation sites (N-methyl/N-ethyl adjacent to an activating group) is 1. The fourth-order valence-corrected chi connectivity index (χ4v) is 2.26. The molecule has 0 bridgehead atoms. The first-order valence-electron chi connectivity index (χ1n) is 6.84. The van der Waals surface area contributed by atoms with Crippen LogP contribution < -0.4 is 5.32 Å². The van der Waals surface area contributed by atoms with Crippen molar-refractivity contribution in [2.45, 2.75) is 12.2 Å². The number of anilines is 1. The summed E-state index contributed by atoms with van der Waals surface area (Å²) in [6.45, 7) is 0. The van der Waals surface area contributed by atoms with Gasteiger partial charge in [0, 0.05) is 12.4 Å². The topological polar surface area (TPSA) is 45.2 Å². The fourth-order valence-electron chi connectivity index (χ4n) is 2.26. The second-order valence-corrected chi connectivity index (χ2v) is 5.19. The average Bonchev–Trinajstić information content (AvgIpc) is 2.47. The van der Waals surface area contributed by atoms with E-state index in [1.165, 1.54) is 24.4 Å². The molecule has 1 N–H and O–H groups in total. The zero-order valence-electron chi connectivity index (χ0n) is 12.6.